The molecule has 0 saturated heterocycles. The normalized spacial score (nSPS) is 10.2. The lowest BCUT2D eigenvalue weighted by Gasteiger charge is -2.08. The van der Waals surface area contributed by atoms with Crippen LogP contribution in [0.5, 0.6) is 0 Å². The second-order valence-corrected chi connectivity index (χ2v) is 4.61. The van der Waals surface area contributed by atoms with E-state index in [0.29, 0.717) is 23.7 Å². The first kappa shape index (κ1) is 15.5. The first-order valence-corrected chi connectivity index (χ1v) is 6.35. The minimum atomic E-state index is -0.835. The summed E-state index contributed by atoms with van der Waals surface area (Å²) in [5.41, 5.74) is 1.60. The Kier molecular flexibility index (Phi) is 6.32. The monoisotopic (exact) mass is 284 g/mol. The quantitative estimate of drug-likeness (QED) is 0.670. The van der Waals surface area contributed by atoms with Crippen LogP contribution in [-0.4, -0.2) is 30.1 Å². The lowest BCUT2D eigenvalue weighted by molar-refractivity contribution is -0.137. The molecule has 0 radical (unpaired) electrons. The number of carboxylic acids is 1. The first-order chi connectivity index (χ1) is 8.99. The second kappa shape index (κ2) is 7.76. The number of aryl methyl sites for hydroxylation is 1. The van der Waals surface area contributed by atoms with Gasteiger partial charge in [-0.25, -0.2) is 0 Å². The predicted molar refractivity (Wildman–Crippen MR) is 74.6 cm³/mol. The molecule has 0 unspecified atom stereocenters. The van der Waals surface area contributed by atoms with Crippen molar-refractivity contribution in [2.45, 2.75) is 19.8 Å². The van der Waals surface area contributed by atoms with E-state index in [0.717, 1.165) is 5.56 Å². The summed E-state index contributed by atoms with van der Waals surface area (Å²) in [4.78, 5) is 21.9. The largest absolute Gasteiger partial charge is 0.481 e. The van der Waals surface area contributed by atoms with E-state index in [-0.39, 0.29) is 18.9 Å². The second-order valence-electron chi connectivity index (χ2n) is 4.21. The molecule has 0 spiro atoms. The Hall–Kier alpha value is -1.59. The van der Waals surface area contributed by atoms with Gasteiger partial charge in [-0.15, -0.1) is 0 Å². The van der Waals surface area contributed by atoms with Gasteiger partial charge in [-0.2, -0.15) is 0 Å². The molecule has 0 aliphatic rings. The average Bonchev–Trinajstić information content (AvgIpc) is 2.32. The molecule has 0 heterocycles. The maximum Gasteiger partial charge on any atom is 0.303 e. The highest BCUT2D eigenvalue weighted by atomic mass is 35.5. The van der Waals surface area contributed by atoms with Crippen LogP contribution in [0.25, 0.3) is 0 Å². The van der Waals surface area contributed by atoms with Crippen molar-refractivity contribution in [3.05, 3.63) is 28.8 Å². The van der Waals surface area contributed by atoms with Crippen molar-refractivity contribution in [1.29, 1.82) is 0 Å². The first-order valence-electron chi connectivity index (χ1n) is 5.97. The number of amides is 1. The van der Waals surface area contributed by atoms with E-state index in [4.69, 9.17) is 16.7 Å². The van der Waals surface area contributed by atoms with Crippen LogP contribution in [0, 0.1) is 6.92 Å². The fraction of sp³-hybridized carbons (Fsp3) is 0.385. The number of carboxylic acid groups (broad SMARTS) is 1. The van der Waals surface area contributed by atoms with Crippen LogP contribution in [0.2, 0.25) is 5.02 Å². The van der Waals surface area contributed by atoms with Crippen molar-refractivity contribution in [1.82, 2.24) is 5.32 Å². The Bertz CT molecular complexity index is 463. The van der Waals surface area contributed by atoms with Gasteiger partial charge >= 0.3 is 5.97 Å². The lowest BCUT2D eigenvalue weighted by atomic mass is 10.2. The molecular formula is C13H17ClN2O3. The van der Waals surface area contributed by atoms with Crippen LogP contribution < -0.4 is 10.6 Å². The van der Waals surface area contributed by atoms with Gasteiger partial charge in [0, 0.05) is 6.42 Å². The maximum absolute atomic E-state index is 11.6. The summed E-state index contributed by atoms with van der Waals surface area (Å²) in [6.45, 7) is 2.53. The Labute approximate surface area is 117 Å². The van der Waals surface area contributed by atoms with Gasteiger partial charge in [0.2, 0.25) is 5.91 Å². The third kappa shape index (κ3) is 6.22. The van der Waals surface area contributed by atoms with Gasteiger partial charge in [-0.3, -0.25) is 9.59 Å². The van der Waals surface area contributed by atoms with E-state index in [1.54, 1.807) is 12.1 Å². The lowest BCUT2D eigenvalue weighted by Crippen LogP contribution is -2.29. The summed E-state index contributed by atoms with van der Waals surface area (Å²) in [6, 6.07) is 5.39. The standard InChI is InChI=1S/C13H17ClN2O3/c1-9-4-5-11(10(14)7-9)16-12(17)8-15-6-2-3-13(18)19/h4-5,7,15H,2-3,6,8H2,1H3,(H,16,17)(H,18,19). The Morgan fingerprint density at radius 1 is 1.37 bits per heavy atom. The Morgan fingerprint density at radius 2 is 2.11 bits per heavy atom. The molecule has 0 saturated carbocycles. The minimum Gasteiger partial charge on any atom is -0.481 e. The van der Waals surface area contributed by atoms with Gasteiger partial charge in [0.05, 0.1) is 17.3 Å². The summed E-state index contributed by atoms with van der Waals surface area (Å²) < 4.78 is 0. The predicted octanol–water partition coefficient (Wildman–Crippen LogP) is 2.04. The van der Waals surface area contributed by atoms with Crippen LogP contribution in [-0.2, 0) is 9.59 Å². The van der Waals surface area contributed by atoms with E-state index in [1.165, 1.54) is 0 Å². The smallest absolute Gasteiger partial charge is 0.303 e. The van der Waals surface area contributed by atoms with Crippen LogP contribution in [0.3, 0.4) is 0 Å². The molecule has 104 valence electrons. The van der Waals surface area contributed by atoms with Crippen LogP contribution in [0.4, 0.5) is 5.69 Å². The number of aliphatic carboxylic acids is 1. The van der Waals surface area contributed by atoms with Gasteiger partial charge < -0.3 is 15.7 Å². The molecule has 1 aromatic rings. The molecule has 19 heavy (non-hydrogen) atoms. The summed E-state index contributed by atoms with van der Waals surface area (Å²) in [5.74, 6) is -1.04. The topological polar surface area (TPSA) is 78.4 Å². The fourth-order valence-corrected chi connectivity index (χ4v) is 1.76. The van der Waals surface area contributed by atoms with E-state index < -0.39 is 5.97 Å². The summed E-state index contributed by atoms with van der Waals surface area (Å²) in [5, 5.41) is 14.5. The van der Waals surface area contributed by atoms with Crippen LogP contribution in [0.1, 0.15) is 18.4 Å². The average molecular weight is 285 g/mol. The number of rotatable bonds is 7. The van der Waals surface area contributed by atoms with Gasteiger partial charge in [0.25, 0.3) is 0 Å². The number of carbonyl (C=O) groups excluding carboxylic acids is 1. The highest BCUT2D eigenvalue weighted by molar-refractivity contribution is 6.33. The molecule has 1 amide bonds. The Balaban J connectivity index is 2.29. The van der Waals surface area contributed by atoms with E-state index >= 15 is 0 Å². The summed E-state index contributed by atoms with van der Waals surface area (Å²) >= 11 is 5.99. The third-order valence-electron chi connectivity index (χ3n) is 2.43. The molecule has 0 bridgehead atoms. The molecule has 3 N–H and O–H groups in total. The van der Waals surface area contributed by atoms with Crippen molar-refractivity contribution in [2.24, 2.45) is 0 Å². The van der Waals surface area contributed by atoms with Gasteiger partial charge in [-0.1, -0.05) is 17.7 Å². The van der Waals surface area contributed by atoms with E-state index in [9.17, 15) is 9.59 Å². The highest BCUT2D eigenvalue weighted by Gasteiger charge is 2.05. The Morgan fingerprint density at radius 3 is 2.74 bits per heavy atom. The number of benzene rings is 1. The zero-order chi connectivity index (χ0) is 14.3. The van der Waals surface area contributed by atoms with Crippen molar-refractivity contribution in [2.75, 3.05) is 18.4 Å². The molecule has 5 nitrogen and oxygen atoms in total. The van der Waals surface area contributed by atoms with Gasteiger partial charge in [-0.05, 0) is 37.6 Å². The molecule has 0 atom stereocenters. The van der Waals surface area contributed by atoms with Crippen molar-refractivity contribution >= 4 is 29.2 Å². The number of hydrogen-bond donors (Lipinski definition) is 3. The van der Waals surface area contributed by atoms with E-state index in [1.807, 2.05) is 13.0 Å². The van der Waals surface area contributed by atoms with E-state index in [2.05, 4.69) is 10.6 Å². The molecule has 0 aromatic heterocycles. The SMILES string of the molecule is Cc1ccc(NC(=O)CNCCCC(=O)O)c(Cl)c1. The van der Waals surface area contributed by atoms with Crippen molar-refractivity contribution in [3.8, 4) is 0 Å². The van der Waals surface area contributed by atoms with Crippen LogP contribution in [0.15, 0.2) is 18.2 Å². The molecular weight excluding hydrogens is 268 g/mol. The molecule has 1 rings (SSSR count). The molecule has 0 aliphatic heterocycles. The minimum absolute atomic E-state index is 0.0956. The number of halogens is 1. The molecule has 0 aliphatic carbocycles. The summed E-state index contributed by atoms with van der Waals surface area (Å²) in [7, 11) is 0. The van der Waals surface area contributed by atoms with Crippen molar-refractivity contribution in [3.63, 3.8) is 0 Å². The van der Waals surface area contributed by atoms with Gasteiger partial charge in [0.1, 0.15) is 0 Å². The molecule has 1 aromatic carbocycles. The fourth-order valence-electron chi connectivity index (χ4n) is 1.48. The van der Waals surface area contributed by atoms with Crippen LogP contribution >= 0.6 is 11.6 Å². The third-order valence-corrected chi connectivity index (χ3v) is 2.74. The zero-order valence-electron chi connectivity index (χ0n) is 10.7. The number of anilines is 1. The molecule has 6 heteroatoms. The number of nitrogens with one attached hydrogen (secondary N) is 2. The molecule has 0 fully saturated rings. The van der Waals surface area contributed by atoms with Gasteiger partial charge in [0.15, 0.2) is 0 Å². The number of carbonyl (C=O) groups is 2. The van der Waals surface area contributed by atoms with Crippen molar-refractivity contribution < 1.29 is 14.7 Å². The number of hydrogen-bond acceptors (Lipinski definition) is 3. The maximum atomic E-state index is 11.6. The highest BCUT2D eigenvalue weighted by Crippen LogP contribution is 2.22. The summed E-state index contributed by atoms with van der Waals surface area (Å²) in [6.07, 6.45) is 0.590. The zero-order valence-corrected chi connectivity index (χ0v) is 11.5.